The van der Waals surface area contributed by atoms with Gasteiger partial charge in [0, 0.05) is 31.2 Å². The molecule has 0 bridgehead atoms. The van der Waals surface area contributed by atoms with Crippen molar-refractivity contribution in [1.29, 1.82) is 0 Å². The Kier molecular flexibility index (Phi) is 9.44. The van der Waals surface area contributed by atoms with Gasteiger partial charge in [-0.1, -0.05) is 65.1 Å². The highest BCUT2D eigenvalue weighted by Gasteiger charge is 2.34. The number of carbonyl (C=O) groups excluding carboxylic acids is 3. The fraction of sp³-hybridized carbons (Fsp3) is 0.323. The van der Waals surface area contributed by atoms with E-state index >= 15 is 0 Å². The highest BCUT2D eigenvalue weighted by atomic mass is 35.5. The average Bonchev–Trinajstić information content (AvgIpc) is 2.94. The molecule has 1 N–H and O–H groups in total. The van der Waals surface area contributed by atoms with E-state index in [4.69, 9.17) is 34.8 Å². The summed E-state index contributed by atoms with van der Waals surface area (Å²) in [5.74, 6) is -1.60. The van der Waals surface area contributed by atoms with Gasteiger partial charge in [-0.05, 0) is 80.6 Å². The molecule has 4 rings (SSSR count). The van der Waals surface area contributed by atoms with Crippen molar-refractivity contribution in [2.75, 3.05) is 18.9 Å². The zero-order chi connectivity index (χ0) is 29.1. The van der Waals surface area contributed by atoms with E-state index < -0.39 is 11.8 Å². The van der Waals surface area contributed by atoms with Crippen LogP contribution in [0.25, 0.3) is 0 Å². The van der Waals surface area contributed by atoms with Crippen molar-refractivity contribution < 1.29 is 14.4 Å². The van der Waals surface area contributed by atoms with E-state index in [1.165, 1.54) is 11.0 Å². The molecule has 6 nitrogen and oxygen atoms in total. The number of nitrogens with one attached hydrogen (secondary N) is 1. The number of benzene rings is 3. The second-order valence-electron chi connectivity index (χ2n) is 10.2. The van der Waals surface area contributed by atoms with Crippen molar-refractivity contribution in [3.8, 4) is 0 Å². The molecule has 1 aliphatic carbocycles. The zero-order valence-electron chi connectivity index (χ0n) is 22.9. The quantitative estimate of drug-likeness (QED) is 0.297. The third-order valence-electron chi connectivity index (χ3n) is 7.47. The monoisotopic (exact) mass is 599 g/mol. The summed E-state index contributed by atoms with van der Waals surface area (Å²) in [6.07, 6.45) is 1.43. The lowest BCUT2D eigenvalue weighted by molar-refractivity contribution is -0.144. The van der Waals surface area contributed by atoms with Gasteiger partial charge in [0.2, 0.25) is 0 Å². The minimum atomic E-state index is -0.788. The number of halogens is 3. The van der Waals surface area contributed by atoms with Crippen LogP contribution in [-0.4, -0.2) is 47.2 Å². The van der Waals surface area contributed by atoms with E-state index in [1.807, 2.05) is 51.1 Å². The highest BCUT2D eigenvalue weighted by Crippen LogP contribution is 2.44. The van der Waals surface area contributed by atoms with Crippen LogP contribution in [0.4, 0.5) is 5.69 Å². The van der Waals surface area contributed by atoms with Crippen molar-refractivity contribution in [2.45, 2.75) is 51.6 Å². The SMILES string of the molecule is CCN(C(=O)c1cc(NC(=O)C(=O)N(C)[C@H]2CC[C@@H](c3ccc(Cl)c(Cl)c3)c3ccccc32)ccc1Cl)C(C)C. The summed E-state index contributed by atoms with van der Waals surface area (Å²) < 4.78 is 0. The van der Waals surface area contributed by atoms with Crippen molar-refractivity contribution in [3.63, 3.8) is 0 Å². The van der Waals surface area contributed by atoms with E-state index in [0.717, 1.165) is 23.1 Å². The fourth-order valence-corrected chi connectivity index (χ4v) is 5.90. The first kappa shape index (κ1) is 29.9. The third-order valence-corrected chi connectivity index (χ3v) is 8.54. The van der Waals surface area contributed by atoms with Crippen LogP contribution in [0.15, 0.2) is 60.7 Å². The topological polar surface area (TPSA) is 69.7 Å². The lowest BCUT2D eigenvalue weighted by Gasteiger charge is -2.36. The smallest absolute Gasteiger partial charge is 0.313 e. The number of nitrogens with zero attached hydrogens (tertiary/aromatic N) is 2. The van der Waals surface area contributed by atoms with Crippen LogP contribution in [0.3, 0.4) is 0 Å². The molecule has 0 saturated heterocycles. The Balaban J connectivity index is 1.53. The zero-order valence-corrected chi connectivity index (χ0v) is 25.1. The molecule has 9 heteroatoms. The number of hydrogen-bond donors (Lipinski definition) is 1. The molecule has 0 aliphatic heterocycles. The van der Waals surface area contributed by atoms with Gasteiger partial charge in [0.15, 0.2) is 0 Å². The molecule has 2 atom stereocenters. The minimum Gasteiger partial charge on any atom is -0.336 e. The normalized spacial score (nSPS) is 16.3. The van der Waals surface area contributed by atoms with Gasteiger partial charge in [-0.3, -0.25) is 14.4 Å². The maximum absolute atomic E-state index is 13.3. The second-order valence-corrected chi connectivity index (χ2v) is 11.4. The summed E-state index contributed by atoms with van der Waals surface area (Å²) in [6, 6.07) is 18.0. The molecule has 3 amide bonds. The Morgan fingerprint density at radius 3 is 2.23 bits per heavy atom. The van der Waals surface area contributed by atoms with Gasteiger partial charge in [0.05, 0.1) is 26.7 Å². The van der Waals surface area contributed by atoms with Crippen LogP contribution >= 0.6 is 34.8 Å². The number of amides is 3. The van der Waals surface area contributed by atoms with E-state index in [0.29, 0.717) is 28.7 Å². The number of carbonyl (C=O) groups is 3. The van der Waals surface area contributed by atoms with Gasteiger partial charge in [-0.15, -0.1) is 0 Å². The van der Waals surface area contributed by atoms with Crippen molar-refractivity contribution >= 4 is 58.2 Å². The molecule has 0 fully saturated rings. The standard InChI is InChI=1S/C31H32Cl3N3O3/c1-5-37(18(2)3)30(39)24-17-20(11-14-25(24)32)35-29(38)31(40)36(4)28-15-12-21(22-8-6-7-9-23(22)28)19-10-13-26(33)27(34)16-19/h6-11,13-14,16-18,21,28H,5,12,15H2,1-4H3,(H,35,38)/t21-,28-/m0/s1. The van der Waals surface area contributed by atoms with Gasteiger partial charge in [0.1, 0.15) is 0 Å². The average molecular weight is 601 g/mol. The Morgan fingerprint density at radius 1 is 0.900 bits per heavy atom. The highest BCUT2D eigenvalue weighted by molar-refractivity contribution is 6.42. The maximum Gasteiger partial charge on any atom is 0.313 e. The third kappa shape index (κ3) is 6.14. The van der Waals surface area contributed by atoms with Gasteiger partial charge >= 0.3 is 11.8 Å². The Hall–Kier alpha value is -3.06. The lowest BCUT2D eigenvalue weighted by Crippen LogP contribution is -2.41. The van der Waals surface area contributed by atoms with E-state index in [-0.39, 0.29) is 34.5 Å². The molecule has 0 spiro atoms. The number of likely N-dealkylation sites (N-methyl/N-ethyl adjacent to an activating group) is 1. The first-order chi connectivity index (χ1) is 19.0. The van der Waals surface area contributed by atoms with E-state index in [1.54, 1.807) is 30.1 Å². The van der Waals surface area contributed by atoms with Gasteiger partial charge in [-0.2, -0.15) is 0 Å². The molecule has 0 unspecified atom stereocenters. The van der Waals surface area contributed by atoms with Crippen LogP contribution < -0.4 is 5.32 Å². The molecule has 210 valence electrons. The summed E-state index contributed by atoms with van der Waals surface area (Å²) in [7, 11) is 1.64. The van der Waals surface area contributed by atoms with Crippen molar-refractivity contribution in [1.82, 2.24) is 9.80 Å². The number of hydrogen-bond acceptors (Lipinski definition) is 3. The molecule has 0 heterocycles. The molecule has 3 aromatic rings. The molecule has 0 saturated carbocycles. The van der Waals surface area contributed by atoms with E-state index in [2.05, 4.69) is 11.4 Å². The summed E-state index contributed by atoms with van der Waals surface area (Å²) in [5.41, 5.74) is 3.72. The second kappa shape index (κ2) is 12.6. The largest absolute Gasteiger partial charge is 0.336 e. The Labute approximate surface area is 250 Å². The predicted octanol–water partition coefficient (Wildman–Crippen LogP) is 7.58. The van der Waals surface area contributed by atoms with Gasteiger partial charge < -0.3 is 15.1 Å². The predicted molar refractivity (Wildman–Crippen MR) is 161 cm³/mol. The fourth-order valence-electron chi connectivity index (χ4n) is 5.40. The van der Waals surface area contributed by atoms with Crippen LogP contribution in [0.2, 0.25) is 15.1 Å². The Bertz CT molecular complexity index is 1440. The molecule has 3 aromatic carbocycles. The lowest BCUT2D eigenvalue weighted by atomic mass is 9.76. The van der Waals surface area contributed by atoms with Gasteiger partial charge in [-0.25, -0.2) is 0 Å². The van der Waals surface area contributed by atoms with Crippen molar-refractivity contribution in [2.24, 2.45) is 0 Å². The van der Waals surface area contributed by atoms with Crippen LogP contribution in [0, 0.1) is 0 Å². The number of fused-ring (bicyclic) bond motifs is 1. The number of rotatable bonds is 6. The van der Waals surface area contributed by atoms with Crippen LogP contribution in [0.5, 0.6) is 0 Å². The number of anilines is 1. The first-order valence-corrected chi connectivity index (χ1v) is 14.4. The summed E-state index contributed by atoms with van der Waals surface area (Å²) >= 11 is 18.7. The minimum absolute atomic E-state index is 0.0170. The summed E-state index contributed by atoms with van der Waals surface area (Å²) in [5, 5.41) is 3.94. The van der Waals surface area contributed by atoms with Crippen LogP contribution in [0.1, 0.15) is 72.6 Å². The molecule has 40 heavy (non-hydrogen) atoms. The first-order valence-electron chi connectivity index (χ1n) is 13.3. The molecular weight excluding hydrogens is 569 g/mol. The van der Waals surface area contributed by atoms with E-state index in [9.17, 15) is 14.4 Å². The molecular formula is C31H32Cl3N3O3. The molecule has 1 aliphatic rings. The summed E-state index contributed by atoms with van der Waals surface area (Å²) in [4.78, 5) is 42.6. The maximum atomic E-state index is 13.3. The van der Waals surface area contributed by atoms with Crippen molar-refractivity contribution in [3.05, 3.63) is 98.0 Å². The summed E-state index contributed by atoms with van der Waals surface area (Å²) in [6.45, 7) is 6.25. The molecule has 0 aromatic heterocycles. The van der Waals surface area contributed by atoms with Gasteiger partial charge in [0.25, 0.3) is 5.91 Å². The van der Waals surface area contributed by atoms with Crippen LogP contribution in [-0.2, 0) is 9.59 Å². The Morgan fingerprint density at radius 2 is 1.57 bits per heavy atom. The molecule has 0 radical (unpaired) electrons.